The summed E-state index contributed by atoms with van der Waals surface area (Å²) in [5, 5.41) is 0.556. The predicted molar refractivity (Wildman–Crippen MR) is 82.9 cm³/mol. The van der Waals surface area contributed by atoms with E-state index in [0.29, 0.717) is 23.4 Å². The van der Waals surface area contributed by atoms with Crippen LogP contribution in [0.15, 0.2) is 40.7 Å². The number of para-hydroxylation sites is 1. The van der Waals surface area contributed by atoms with Crippen LogP contribution in [0.1, 0.15) is 20.8 Å². The highest BCUT2D eigenvalue weighted by Crippen LogP contribution is 2.10. The molecule has 21 heavy (non-hydrogen) atoms. The summed E-state index contributed by atoms with van der Waals surface area (Å²) in [5.74, 6) is 0.0248. The summed E-state index contributed by atoms with van der Waals surface area (Å²) < 4.78 is 1.48. The molecule has 0 atom stereocenters. The monoisotopic (exact) mass is 286 g/mol. The largest absolute Gasteiger partial charge is 0.277 e. The number of amides is 1. The van der Waals surface area contributed by atoms with E-state index < -0.39 is 0 Å². The lowest BCUT2D eigenvalue weighted by Crippen LogP contribution is -2.33. The summed E-state index contributed by atoms with van der Waals surface area (Å²) in [4.78, 5) is 28.3. The highest BCUT2D eigenvalue weighted by molar-refractivity contribution is 5.88. The molecule has 0 bridgehead atoms. The van der Waals surface area contributed by atoms with Gasteiger partial charge in [0.25, 0.3) is 11.5 Å². The highest BCUT2D eigenvalue weighted by Gasteiger charge is 2.09. The third kappa shape index (κ3) is 3.28. The van der Waals surface area contributed by atoms with Crippen molar-refractivity contribution in [2.24, 2.45) is 0 Å². The van der Waals surface area contributed by atoms with Crippen molar-refractivity contribution in [2.45, 2.75) is 27.3 Å². The van der Waals surface area contributed by atoms with Gasteiger partial charge in [0, 0.05) is 12.6 Å². The van der Waals surface area contributed by atoms with Gasteiger partial charge in [-0.25, -0.2) is 4.98 Å². The van der Waals surface area contributed by atoms with Gasteiger partial charge in [-0.2, -0.15) is 0 Å². The molecule has 6 heteroatoms. The molecule has 2 aromatic rings. The van der Waals surface area contributed by atoms with Gasteiger partial charge in [0.15, 0.2) is 0 Å². The van der Waals surface area contributed by atoms with Crippen molar-refractivity contribution in [2.75, 3.05) is 5.43 Å². The van der Waals surface area contributed by atoms with Gasteiger partial charge in [0.2, 0.25) is 5.95 Å². The van der Waals surface area contributed by atoms with Crippen LogP contribution in [-0.2, 0) is 11.3 Å². The minimum atomic E-state index is -0.292. The minimum Gasteiger partial charge on any atom is -0.277 e. The van der Waals surface area contributed by atoms with Crippen molar-refractivity contribution < 1.29 is 4.79 Å². The van der Waals surface area contributed by atoms with E-state index in [1.165, 1.54) is 10.6 Å². The van der Waals surface area contributed by atoms with Gasteiger partial charge in [-0.15, -0.1) is 0 Å². The van der Waals surface area contributed by atoms with Gasteiger partial charge in [0.1, 0.15) is 0 Å². The van der Waals surface area contributed by atoms with Crippen molar-refractivity contribution in [1.29, 1.82) is 0 Å². The summed E-state index contributed by atoms with van der Waals surface area (Å²) >= 11 is 0. The van der Waals surface area contributed by atoms with Gasteiger partial charge in [-0.1, -0.05) is 17.7 Å². The molecule has 2 N–H and O–H groups in total. The van der Waals surface area contributed by atoms with E-state index in [0.717, 1.165) is 5.57 Å². The minimum absolute atomic E-state index is 0.137. The first-order chi connectivity index (χ1) is 10.0. The zero-order valence-corrected chi connectivity index (χ0v) is 12.3. The number of carbonyl (C=O) groups is 1. The number of rotatable bonds is 4. The average Bonchev–Trinajstić information content (AvgIpc) is 2.44. The number of fused-ring (bicyclic) bond motifs is 1. The number of carbonyl (C=O) groups excluding carboxylic acids is 1. The molecule has 1 amide bonds. The van der Waals surface area contributed by atoms with E-state index in [4.69, 9.17) is 0 Å². The van der Waals surface area contributed by atoms with Crippen LogP contribution in [0.25, 0.3) is 10.9 Å². The molecule has 0 radical (unpaired) electrons. The number of benzene rings is 1. The van der Waals surface area contributed by atoms with E-state index >= 15 is 0 Å². The average molecular weight is 286 g/mol. The summed E-state index contributed by atoms with van der Waals surface area (Å²) in [5.41, 5.74) is 6.55. The van der Waals surface area contributed by atoms with E-state index in [9.17, 15) is 9.59 Å². The number of hydrogen-bond donors (Lipinski definition) is 2. The van der Waals surface area contributed by atoms with Crippen molar-refractivity contribution in [3.63, 3.8) is 0 Å². The van der Waals surface area contributed by atoms with Crippen LogP contribution in [0.2, 0.25) is 0 Å². The number of nitrogens with zero attached hydrogens (tertiary/aromatic N) is 2. The molecule has 2 rings (SSSR count). The van der Waals surface area contributed by atoms with Crippen LogP contribution in [-0.4, -0.2) is 15.5 Å². The van der Waals surface area contributed by atoms with E-state index in [1.54, 1.807) is 18.2 Å². The molecular formula is C15H18N4O2. The van der Waals surface area contributed by atoms with Crippen molar-refractivity contribution in [3.8, 4) is 0 Å². The molecule has 0 spiro atoms. The maximum atomic E-state index is 12.4. The molecule has 1 aromatic heterocycles. The second-order valence-corrected chi connectivity index (χ2v) is 4.84. The smallest absolute Gasteiger partial charge is 0.262 e. The lowest BCUT2D eigenvalue weighted by atomic mass is 10.2. The topological polar surface area (TPSA) is 76.0 Å². The van der Waals surface area contributed by atoms with Gasteiger partial charge < -0.3 is 0 Å². The first-order valence-corrected chi connectivity index (χ1v) is 6.73. The Bertz CT molecular complexity index is 758. The Labute approximate surface area is 122 Å². The molecule has 1 aromatic carbocycles. The van der Waals surface area contributed by atoms with Crippen LogP contribution in [0, 0.1) is 0 Å². The second-order valence-electron chi connectivity index (χ2n) is 4.84. The molecule has 0 aliphatic rings. The first kappa shape index (κ1) is 14.8. The number of hydrogen-bond acceptors (Lipinski definition) is 4. The second kappa shape index (κ2) is 6.21. The molecule has 0 saturated carbocycles. The van der Waals surface area contributed by atoms with Crippen LogP contribution in [0.4, 0.5) is 5.95 Å². The molecule has 0 saturated heterocycles. The van der Waals surface area contributed by atoms with E-state index in [2.05, 4.69) is 15.8 Å². The summed E-state index contributed by atoms with van der Waals surface area (Å²) in [6.45, 7) is 5.96. The zero-order chi connectivity index (χ0) is 15.4. The Balaban J connectivity index is 2.37. The molecule has 0 aliphatic heterocycles. The fraction of sp³-hybridized carbons (Fsp3) is 0.267. The van der Waals surface area contributed by atoms with Gasteiger partial charge in [0.05, 0.1) is 10.9 Å². The maximum absolute atomic E-state index is 12.4. The van der Waals surface area contributed by atoms with E-state index in [-0.39, 0.29) is 11.5 Å². The van der Waals surface area contributed by atoms with Crippen LogP contribution in [0.5, 0.6) is 0 Å². The fourth-order valence-corrected chi connectivity index (χ4v) is 1.97. The standard InChI is InChI=1S/C15H18N4O2/c1-4-19-14(21)11-7-5-6-8-12(11)16-15(19)18-17-13(20)9-10(2)3/h5-9H,4H2,1-3H3,(H,16,18)(H,17,20). The molecule has 0 aliphatic carbocycles. The summed E-state index contributed by atoms with van der Waals surface area (Å²) in [7, 11) is 0. The predicted octanol–water partition coefficient (Wildman–Crippen LogP) is 1.83. The number of aromatic nitrogens is 2. The molecule has 0 unspecified atom stereocenters. The van der Waals surface area contributed by atoms with Gasteiger partial charge >= 0.3 is 0 Å². The van der Waals surface area contributed by atoms with Crippen molar-refractivity contribution in [3.05, 3.63) is 46.3 Å². The Hall–Kier alpha value is -2.63. The zero-order valence-electron chi connectivity index (χ0n) is 12.3. The maximum Gasteiger partial charge on any atom is 0.262 e. The van der Waals surface area contributed by atoms with Crippen molar-refractivity contribution in [1.82, 2.24) is 15.0 Å². The number of allylic oxidation sites excluding steroid dienone is 1. The molecule has 110 valence electrons. The van der Waals surface area contributed by atoms with Gasteiger partial charge in [-0.3, -0.25) is 25.0 Å². The Morgan fingerprint density at radius 1 is 1.33 bits per heavy atom. The van der Waals surface area contributed by atoms with E-state index in [1.807, 2.05) is 26.8 Å². The quantitative estimate of drug-likeness (QED) is 0.664. The third-order valence-corrected chi connectivity index (χ3v) is 2.90. The lowest BCUT2D eigenvalue weighted by Gasteiger charge is -2.13. The molecular weight excluding hydrogens is 268 g/mol. The third-order valence-electron chi connectivity index (χ3n) is 2.90. The van der Waals surface area contributed by atoms with Gasteiger partial charge in [-0.05, 0) is 32.9 Å². The molecule has 6 nitrogen and oxygen atoms in total. The normalized spacial score (nSPS) is 10.2. The number of anilines is 1. The number of nitrogens with one attached hydrogen (secondary N) is 2. The van der Waals surface area contributed by atoms with Crippen molar-refractivity contribution >= 4 is 22.8 Å². The highest BCUT2D eigenvalue weighted by atomic mass is 16.2. The Kier molecular flexibility index (Phi) is 4.37. The summed E-state index contributed by atoms with van der Waals surface area (Å²) in [6, 6.07) is 7.12. The lowest BCUT2D eigenvalue weighted by molar-refractivity contribution is -0.116. The SMILES string of the molecule is CCn1c(NNC(=O)C=C(C)C)nc2ccccc2c1=O. The first-order valence-electron chi connectivity index (χ1n) is 6.73. The van der Waals surface area contributed by atoms with Crippen LogP contribution < -0.4 is 16.4 Å². The summed E-state index contributed by atoms with van der Waals surface area (Å²) in [6.07, 6.45) is 1.46. The fourth-order valence-electron chi connectivity index (χ4n) is 1.97. The Morgan fingerprint density at radius 3 is 2.71 bits per heavy atom. The Morgan fingerprint density at radius 2 is 2.05 bits per heavy atom. The van der Waals surface area contributed by atoms with Crippen LogP contribution in [0.3, 0.4) is 0 Å². The molecule has 0 fully saturated rings. The van der Waals surface area contributed by atoms with Crippen LogP contribution >= 0.6 is 0 Å². The number of hydrazine groups is 1. The molecule has 1 heterocycles.